The van der Waals surface area contributed by atoms with Crippen molar-refractivity contribution in [1.29, 1.82) is 0 Å². The zero-order valence-corrected chi connectivity index (χ0v) is 12.6. The molecular formula is C13H18N6S. The number of hydrogen-bond donors (Lipinski definition) is 1. The minimum atomic E-state index is 0.176. The minimum absolute atomic E-state index is 0.176. The van der Waals surface area contributed by atoms with Crippen LogP contribution in [0.15, 0.2) is 24.8 Å². The van der Waals surface area contributed by atoms with E-state index in [-0.39, 0.29) is 11.5 Å². The maximum atomic E-state index is 4.39. The molecule has 0 amide bonds. The van der Waals surface area contributed by atoms with Crippen LogP contribution in [0.4, 0.5) is 0 Å². The average Bonchev–Trinajstić information content (AvgIpc) is 3.07. The Kier molecular flexibility index (Phi) is 3.47. The fraction of sp³-hybridized carbons (Fsp3) is 0.538. The average molecular weight is 290 g/mol. The van der Waals surface area contributed by atoms with Crippen molar-refractivity contribution in [2.75, 3.05) is 5.75 Å². The normalized spacial score (nSPS) is 23.1. The zero-order chi connectivity index (χ0) is 14.2. The van der Waals surface area contributed by atoms with E-state index in [1.807, 2.05) is 11.8 Å². The van der Waals surface area contributed by atoms with Crippen molar-refractivity contribution >= 4 is 11.8 Å². The van der Waals surface area contributed by atoms with Crippen molar-refractivity contribution in [1.82, 2.24) is 30.0 Å². The first-order chi connectivity index (χ1) is 9.55. The minimum Gasteiger partial charge on any atom is -0.294 e. The summed E-state index contributed by atoms with van der Waals surface area (Å²) in [5, 5.41) is 8.29. The summed E-state index contributed by atoms with van der Waals surface area (Å²) in [5.41, 5.74) is 0.216. The molecule has 20 heavy (non-hydrogen) atoms. The first-order valence-corrected chi connectivity index (χ1v) is 7.65. The summed E-state index contributed by atoms with van der Waals surface area (Å²) in [4.78, 5) is 12.9. The largest absolute Gasteiger partial charge is 0.294 e. The molecule has 0 aliphatic carbocycles. The third-order valence-electron chi connectivity index (χ3n) is 3.20. The molecule has 2 aromatic heterocycles. The Hall–Kier alpha value is -1.47. The summed E-state index contributed by atoms with van der Waals surface area (Å²) < 4.78 is 1.71. The molecule has 0 aromatic carbocycles. The number of nitrogens with one attached hydrogen (secondary N) is 1. The first kappa shape index (κ1) is 13.5. The van der Waals surface area contributed by atoms with Gasteiger partial charge in [0.2, 0.25) is 0 Å². The van der Waals surface area contributed by atoms with Crippen molar-refractivity contribution in [3.05, 3.63) is 30.6 Å². The van der Waals surface area contributed by atoms with Crippen molar-refractivity contribution in [2.45, 2.75) is 32.2 Å². The van der Waals surface area contributed by atoms with Gasteiger partial charge >= 0.3 is 0 Å². The molecule has 1 saturated heterocycles. The van der Waals surface area contributed by atoms with E-state index in [0.717, 1.165) is 11.6 Å². The molecule has 2 atom stereocenters. The summed E-state index contributed by atoms with van der Waals surface area (Å²) in [6.07, 6.45) is 4.98. The van der Waals surface area contributed by atoms with Crippen LogP contribution >= 0.6 is 11.8 Å². The van der Waals surface area contributed by atoms with Gasteiger partial charge in [-0.3, -0.25) is 5.32 Å². The zero-order valence-electron chi connectivity index (χ0n) is 11.8. The molecule has 1 fully saturated rings. The van der Waals surface area contributed by atoms with Gasteiger partial charge in [-0.25, -0.2) is 15.0 Å². The number of thioether (sulfide) groups is 1. The number of aromatic nitrogens is 5. The molecule has 1 N–H and O–H groups in total. The van der Waals surface area contributed by atoms with Gasteiger partial charge in [0.1, 0.15) is 6.33 Å². The smallest absolute Gasteiger partial charge is 0.252 e. The molecule has 0 bridgehead atoms. The van der Waals surface area contributed by atoms with E-state index in [0.29, 0.717) is 11.3 Å². The predicted octanol–water partition coefficient (Wildman–Crippen LogP) is 1.81. The Morgan fingerprint density at radius 3 is 2.65 bits per heavy atom. The quantitative estimate of drug-likeness (QED) is 0.909. The molecule has 0 saturated carbocycles. The van der Waals surface area contributed by atoms with Crippen molar-refractivity contribution in [2.24, 2.45) is 5.41 Å². The van der Waals surface area contributed by atoms with Gasteiger partial charge in [-0.15, -0.1) is 11.8 Å². The number of hydrogen-bond acceptors (Lipinski definition) is 6. The molecular weight excluding hydrogens is 272 g/mol. The van der Waals surface area contributed by atoms with Gasteiger partial charge in [0, 0.05) is 18.1 Å². The molecule has 1 aliphatic rings. The molecule has 3 rings (SSSR count). The molecule has 3 heterocycles. The molecule has 0 spiro atoms. The van der Waals surface area contributed by atoms with Crippen molar-refractivity contribution in [3.63, 3.8) is 0 Å². The predicted molar refractivity (Wildman–Crippen MR) is 78.5 cm³/mol. The van der Waals surface area contributed by atoms with E-state index >= 15 is 0 Å². The van der Waals surface area contributed by atoms with Gasteiger partial charge in [-0.05, 0) is 11.5 Å². The highest BCUT2D eigenvalue weighted by Gasteiger charge is 2.35. The van der Waals surface area contributed by atoms with Gasteiger partial charge < -0.3 is 0 Å². The number of rotatable bonds is 2. The second kappa shape index (κ2) is 5.14. The van der Waals surface area contributed by atoms with E-state index in [1.54, 1.807) is 29.5 Å². The molecule has 6 nitrogen and oxygen atoms in total. The highest BCUT2D eigenvalue weighted by Crippen LogP contribution is 2.37. The summed E-state index contributed by atoms with van der Waals surface area (Å²) in [7, 11) is 0. The van der Waals surface area contributed by atoms with Crippen LogP contribution < -0.4 is 5.32 Å². The molecule has 0 radical (unpaired) electrons. The lowest BCUT2D eigenvalue weighted by Gasteiger charge is -2.26. The third-order valence-corrected chi connectivity index (χ3v) is 4.90. The SMILES string of the molecule is CC(C)(C)[C@@H]1NC(c2ncnn2-c2ncccn2)CS1. The van der Waals surface area contributed by atoms with Crippen LogP contribution in [-0.2, 0) is 0 Å². The molecule has 1 aliphatic heterocycles. The van der Waals surface area contributed by atoms with Crippen molar-refractivity contribution < 1.29 is 0 Å². The fourth-order valence-electron chi connectivity index (χ4n) is 2.16. The summed E-state index contributed by atoms with van der Waals surface area (Å²) in [5.74, 6) is 2.41. The van der Waals surface area contributed by atoms with Crippen LogP contribution in [0.2, 0.25) is 0 Å². The van der Waals surface area contributed by atoms with Gasteiger partial charge in [-0.1, -0.05) is 20.8 Å². The van der Waals surface area contributed by atoms with E-state index in [9.17, 15) is 0 Å². The summed E-state index contributed by atoms with van der Waals surface area (Å²) >= 11 is 1.93. The molecule has 106 valence electrons. The maximum Gasteiger partial charge on any atom is 0.252 e. The molecule has 1 unspecified atom stereocenters. The van der Waals surface area contributed by atoms with Gasteiger partial charge in [-0.2, -0.15) is 9.78 Å². The molecule has 7 heteroatoms. The van der Waals surface area contributed by atoms with Crippen LogP contribution in [0.5, 0.6) is 0 Å². The lowest BCUT2D eigenvalue weighted by Crippen LogP contribution is -2.35. The monoisotopic (exact) mass is 290 g/mol. The fourth-order valence-corrected chi connectivity index (χ4v) is 3.55. The molecule has 2 aromatic rings. The van der Waals surface area contributed by atoms with Gasteiger partial charge in [0.25, 0.3) is 5.95 Å². The highest BCUT2D eigenvalue weighted by atomic mass is 32.2. The first-order valence-electron chi connectivity index (χ1n) is 6.60. The highest BCUT2D eigenvalue weighted by molar-refractivity contribution is 8.00. The lowest BCUT2D eigenvalue weighted by molar-refractivity contribution is 0.340. The second-order valence-electron chi connectivity index (χ2n) is 5.88. The maximum absolute atomic E-state index is 4.39. The van der Waals surface area contributed by atoms with Crippen LogP contribution in [0, 0.1) is 5.41 Å². The number of nitrogens with zero attached hydrogens (tertiary/aromatic N) is 5. The summed E-state index contributed by atoms with van der Waals surface area (Å²) in [6, 6.07) is 1.97. The van der Waals surface area contributed by atoms with E-state index in [1.165, 1.54) is 0 Å². The van der Waals surface area contributed by atoms with Gasteiger partial charge in [0.15, 0.2) is 5.82 Å². The van der Waals surface area contributed by atoms with E-state index in [4.69, 9.17) is 0 Å². The van der Waals surface area contributed by atoms with E-state index < -0.39 is 0 Å². The Balaban J connectivity index is 1.85. The van der Waals surface area contributed by atoms with E-state index in [2.05, 4.69) is 46.1 Å². The topological polar surface area (TPSA) is 68.5 Å². The van der Waals surface area contributed by atoms with Gasteiger partial charge in [0.05, 0.1) is 11.4 Å². The van der Waals surface area contributed by atoms with Crippen LogP contribution in [-0.4, -0.2) is 35.9 Å². The van der Waals surface area contributed by atoms with Crippen LogP contribution in [0.1, 0.15) is 32.6 Å². The second-order valence-corrected chi connectivity index (χ2v) is 7.02. The third kappa shape index (κ3) is 2.55. The summed E-state index contributed by atoms with van der Waals surface area (Å²) in [6.45, 7) is 6.72. The Bertz CT molecular complexity index is 576. The standard InChI is InChI=1S/C13H18N6S/c1-13(2,3)11-18-9(7-20-11)10-16-8-17-19(10)12-14-5-4-6-15-12/h4-6,8-9,11,18H,7H2,1-3H3/t9?,11-/m1/s1. The Morgan fingerprint density at radius 1 is 1.25 bits per heavy atom. The Morgan fingerprint density at radius 2 is 2.00 bits per heavy atom. The van der Waals surface area contributed by atoms with Crippen LogP contribution in [0.25, 0.3) is 5.95 Å². The van der Waals surface area contributed by atoms with Crippen molar-refractivity contribution in [3.8, 4) is 5.95 Å². The van der Waals surface area contributed by atoms with Crippen LogP contribution in [0.3, 0.4) is 0 Å². The Labute approximate surface area is 122 Å². The lowest BCUT2D eigenvalue weighted by atomic mass is 9.96.